The molecule has 0 saturated carbocycles. The van der Waals surface area contributed by atoms with Gasteiger partial charge in [0.25, 0.3) is 0 Å². The lowest BCUT2D eigenvalue weighted by Crippen LogP contribution is -2.32. The molecule has 0 unspecified atom stereocenters. The van der Waals surface area contributed by atoms with Crippen molar-refractivity contribution in [2.75, 3.05) is 24.5 Å². The maximum atomic E-state index is 12.6. The average Bonchev–Trinajstić information content (AvgIpc) is 3.34. The third kappa shape index (κ3) is 4.55. The number of carbonyl (C=O) groups is 2. The maximum Gasteiger partial charge on any atom is 0.240 e. The van der Waals surface area contributed by atoms with Crippen LogP contribution in [0, 0.1) is 0 Å². The number of likely N-dealkylation sites (tertiary alicyclic amines) is 1. The highest BCUT2D eigenvalue weighted by Gasteiger charge is 2.28. The molecule has 0 radical (unpaired) electrons. The van der Waals surface area contributed by atoms with E-state index in [-0.39, 0.29) is 35.6 Å². The van der Waals surface area contributed by atoms with Gasteiger partial charge in [-0.15, -0.1) is 0 Å². The molecule has 7 nitrogen and oxygen atoms in total. The lowest BCUT2D eigenvalue weighted by molar-refractivity contribution is -0.132. The number of sulfonamides is 1. The van der Waals surface area contributed by atoms with Gasteiger partial charge < -0.3 is 9.80 Å². The van der Waals surface area contributed by atoms with E-state index in [0.717, 1.165) is 37.2 Å². The highest BCUT2D eigenvalue weighted by molar-refractivity contribution is 7.89. The van der Waals surface area contributed by atoms with Gasteiger partial charge in [-0.05, 0) is 56.4 Å². The monoisotopic (exact) mass is 407 g/mol. The molecule has 2 aliphatic rings. The summed E-state index contributed by atoms with van der Waals surface area (Å²) in [5.41, 5.74) is 1.60. The third-order valence-corrected chi connectivity index (χ3v) is 7.13. The van der Waals surface area contributed by atoms with Crippen molar-refractivity contribution in [3.63, 3.8) is 0 Å². The molecule has 1 aromatic rings. The van der Waals surface area contributed by atoms with Crippen molar-refractivity contribution in [3.8, 4) is 0 Å². The van der Waals surface area contributed by atoms with Crippen LogP contribution in [0.5, 0.6) is 0 Å². The summed E-state index contributed by atoms with van der Waals surface area (Å²) in [7, 11) is -3.57. The summed E-state index contributed by atoms with van der Waals surface area (Å²) in [4.78, 5) is 28.5. The Balaban J connectivity index is 1.65. The largest absolute Gasteiger partial charge is 0.343 e. The van der Waals surface area contributed by atoms with Gasteiger partial charge in [0.15, 0.2) is 0 Å². The smallest absolute Gasteiger partial charge is 0.240 e. The zero-order chi connectivity index (χ0) is 20.3. The molecule has 1 saturated heterocycles. The van der Waals surface area contributed by atoms with Crippen molar-refractivity contribution < 1.29 is 18.0 Å². The molecular weight excluding hydrogens is 378 g/mol. The molecule has 0 aliphatic carbocycles. The van der Waals surface area contributed by atoms with Crippen LogP contribution < -0.4 is 9.62 Å². The Hall–Kier alpha value is -1.93. The number of anilines is 1. The van der Waals surface area contributed by atoms with Gasteiger partial charge >= 0.3 is 0 Å². The number of amides is 2. The Labute approximate surface area is 167 Å². The zero-order valence-corrected chi connectivity index (χ0v) is 17.4. The Morgan fingerprint density at radius 2 is 1.79 bits per heavy atom. The standard InChI is InChI=1S/C20H29N3O4S/c1-3-15(2)21-28(26,27)17-6-7-18-16(14-17)10-13-23(18)20(25)9-8-19(24)22-11-4-5-12-22/h6-7,14-15,21H,3-5,8-13H2,1-2H3/t15-/m0/s1. The van der Waals surface area contributed by atoms with Crippen LogP contribution in [-0.2, 0) is 26.0 Å². The fourth-order valence-electron chi connectivity index (χ4n) is 3.69. The van der Waals surface area contributed by atoms with Crippen molar-refractivity contribution in [1.82, 2.24) is 9.62 Å². The van der Waals surface area contributed by atoms with E-state index >= 15 is 0 Å². The Morgan fingerprint density at radius 3 is 2.46 bits per heavy atom. The summed E-state index contributed by atoms with van der Waals surface area (Å²) in [5.74, 6) is -0.0394. The molecule has 1 atom stereocenters. The first-order valence-electron chi connectivity index (χ1n) is 10.0. The Morgan fingerprint density at radius 1 is 1.11 bits per heavy atom. The van der Waals surface area contributed by atoms with Crippen molar-refractivity contribution in [3.05, 3.63) is 23.8 Å². The van der Waals surface area contributed by atoms with Crippen molar-refractivity contribution in [2.24, 2.45) is 0 Å². The number of nitrogens with one attached hydrogen (secondary N) is 1. The minimum Gasteiger partial charge on any atom is -0.343 e. The van der Waals surface area contributed by atoms with E-state index < -0.39 is 10.0 Å². The van der Waals surface area contributed by atoms with Crippen molar-refractivity contribution in [2.45, 2.75) is 63.3 Å². The zero-order valence-electron chi connectivity index (χ0n) is 16.6. The number of hydrogen-bond acceptors (Lipinski definition) is 4. The van der Waals surface area contributed by atoms with Crippen molar-refractivity contribution in [1.29, 1.82) is 0 Å². The predicted molar refractivity (Wildman–Crippen MR) is 108 cm³/mol. The van der Waals surface area contributed by atoms with E-state index in [0.29, 0.717) is 19.4 Å². The predicted octanol–water partition coefficient (Wildman–Crippen LogP) is 2.06. The summed E-state index contributed by atoms with van der Waals surface area (Å²) >= 11 is 0. The number of nitrogens with zero attached hydrogens (tertiary/aromatic N) is 2. The lowest BCUT2D eigenvalue weighted by Gasteiger charge is -2.19. The van der Waals surface area contributed by atoms with Crippen LogP contribution in [0.3, 0.4) is 0 Å². The van der Waals surface area contributed by atoms with Gasteiger partial charge in [0.05, 0.1) is 4.90 Å². The summed E-state index contributed by atoms with van der Waals surface area (Å²) < 4.78 is 27.6. The number of carbonyl (C=O) groups excluding carboxylic acids is 2. The van der Waals surface area contributed by atoms with Crippen LogP contribution in [0.15, 0.2) is 23.1 Å². The average molecular weight is 408 g/mol. The molecule has 1 fully saturated rings. The van der Waals surface area contributed by atoms with E-state index in [1.807, 2.05) is 18.7 Å². The van der Waals surface area contributed by atoms with Gasteiger partial charge in [-0.25, -0.2) is 13.1 Å². The normalized spacial score (nSPS) is 17.6. The molecule has 0 bridgehead atoms. The first-order valence-corrected chi connectivity index (χ1v) is 11.5. The van der Waals surface area contributed by atoms with E-state index in [9.17, 15) is 18.0 Å². The molecular formula is C20H29N3O4S. The van der Waals surface area contributed by atoms with E-state index in [2.05, 4.69) is 4.72 Å². The quantitative estimate of drug-likeness (QED) is 0.749. The van der Waals surface area contributed by atoms with Crippen LogP contribution in [0.4, 0.5) is 5.69 Å². The van der Waals surface area contributed by atoms with Crippen LogP contribution in [0.2, 0.25) is 0 Å². The third-order valence-electron chi connectivity index (χ3n) is 5.54. The van der Waals surface area contributed by atoms with Gasteiger partial charge in [0.1, 0.15) is 0 Å². The fraction of sp³-hybridized carbons (Fsp3) is 0.600. The Bertz CT molecular complexity index is 847. The molecule has 3 rings (SSSR count). The van der Waals surface area contributed by atoms with Gasteiger partial charge in [-0.2, -0.15) is 0 Å². The van der Waals surface area contributed by atoms with E-state index in [1.54, 1.807) is 23.1 Å². The second kappa shape index (κ2) is 8.61. The summed E-state index contributed by atoms with van der Waals surface area (Å²) in [6, 6.07) is 4.77. The van der Waals surface area contributed by atoms with Crippen LogP contribution >= 0.6 is 0 Å². The van der Waals surface area contributed by atoms with Gasteiger partial charge in [0.2, 0.25) is 21.8 Å². The van der Waals surface area contributed by atoms with E-state index in [4.69, 9.17) is 0 Å². The lowest BCUT2D eigenvalue weighted by atomic mass is 10.2. The number of rotatable bonds is 7. The maximum absolute atomic E-state index is 12.6. The van der Waals surface area contributed by atoms with Crippen LogP contribution in [-0.4, -0.2) is 50.8 Å². The van der Waals surface area contributed by atoms with Crippen LogP contribution in [0.25, 0.3) is 0 Å². The topological polar surface area (TPSA) is 86.8 Å². The fourth-order valence-corrected chi connectivity index (χ4v) is 5.07. The van der Waals surface area contributed by atoms with Gasteiger partial charge in [-0.1, -0.05) is 6.92 Å². The van der Waals surface area contributed by atoms with E-state index in [1.165, 1.54) is 0 Å². The van der Waals surface area contributed by atoms with Crippen molar-refractivity contribution >= 4 is 27.5 Å². The molecule has 1 N–H and O–H groups in total. The first-order chi connectivity index (χ1) is 13.3. The highest BCUT2D eigenvalue weighted by atomic mass is 32.2. The molecule has 2 heterocycles. The van der Waals surface area contributed by atoms with Gasteiger partial charge in [0, 0.05) is 44.2 Å². The summed E-state index contributed by atoms with van der Waals surface area (Å²) in [6.07, 6.45) is 3.82. The minimum atomic E-state index is -3.57. The number of hydrogen-bond donors (Lipinski definition) is 1. The summed E-state index contributed by atoms with van der Waals surface area (Å²) in [6.45, 7) is 5.86. The molecule has 1 aromatic carbocycles. The molecule has 2 amide bonds. The number of fused-ring (bicyclic) bond motifs is 1. The molecule has 2 aliphatic heterocycles. The number of benzene rings is 1. The second-order valence-electron chi connectivity index (χ2n) is 7.60. The molecule has 0 aromatic heterocycles. The first kappa shape index (κ1) is 20.8. The molecule has 28 heavy (non-hydrogen) atoms. The Kier molecular flexibility index (Phi) is 6.40. The SMILES string of the molecule is CC[C@H](C)NS(=O)(=O)c1ccc2c(c1)CCN2C(=O)CCC(=O)N1CCCC1. The second-order valence-corrected chi connectivity index (χ2v) is 9.32. The molecule has 8 heteroatoms. The molecule has 154 valence electrons. The summed E-state index contributed by atoms with van der Waals surface area (Å²) in [5, 5.41) is 0. The highest BCUT2D eigenvalue weighted by Crippen LogP contribution is 2.31. The molecule has 0 spiro atoms. The minimum absolute atomic E-state index is 0.0443. The van der Waals surface area contributed by atoms with Gasteiger partial charge in [-0.3, -0.25) is 9.59 Å². The van der Waals surface area contributed by atoms with Crippen LogP contribution in [0.1, 0.15) is 51.5 Å².